The van der Waals surface area contributed by atoms with E-state index in [1.807, 2.05) is 6.07 Å². The van der Waals surface area contributed by atoms with Crippen molar-refractivity contribution in [2.24, 2.45) is 0 Å². The summed E-state index contributed by atoms with van der Waals surface area (Å²) in [5, 5.41) is 2.96. The summed E-state index contributed by atoms with van der Waals surface area (Å²) in [4.78, 5) is 18.4. The molecule has 0 radical (unpaired) electrons. The summed E-state index contributed by atoms with van der Waals surface area (Å²) in [5.41, 5.74) is 0.0341. The van der Waals surface area contributed by atoms with Crippen LogP contribution in [0.2, 0.25) is 0 Å². The largest absolute Gasteiger partial charge is 0.366 e. The van der Waals surface area contributed by atoms with E-state index in [2.05, 4.69) is 15.2 Å². The predicted octanol–water partition coefficient (Wildman–Crippen LogP) is 2.12. The maximum absolute atomic E-state index is 13.7. The van der Waals surface area contributed by atoms with E-state index in [1.54, 1.807) is 4.57 Å². The number of hydrogen-bond donors (Lipinski definition) is 1. The number of fused-ring (bicyclic) bond motifs is 3. The van der Waals surface area contributed by atoms with E-state index >= 15 is 0 Å². The molecule has 5 nitrogen and oxygen atoms in total. The highest BCUT2D eigenvalue weighted by Gasteiger charge is 2.34. The van der Waals surface area contributed by atoms with Gasteiger partial charge < -0.3 is 10.2 Å². The lowest BCUT2D eigenvalue weighted by Gasteiger charge is -2.17. The summed E-state index contributed by atoms with van der Waals surface area (Å²) in [6, 6.07) is 5.65. The van der Waals surface area contributed by atoms with Gasteiger partial charge in [0.2, 0.25) is 0 Å². The number of rotatable bonds is 3. The van der Waals surface area contributed by atoms with Crippen LogP contribution in [0, 0.1) is 11.6 Å². The maximum atomic E-state index is 13.7. The first-order valence-corrected chi connectivity index (χ1v) is 7.68. The smallest absolute Gasteiger partial charge is 0.351 e. The van der Waals surface area contributed by atoms with Gasteiger partial charge in [-0.2, -0.15) is 4.98 Å². The summed E-state index contributed by atoms with van der Waals surface area (Å²) in [7, 11) is 0. The van der Waals surface area contributed by atoms with Crippen LogP contribution in [0.5, 0.6) is 0 Å². The third-order valence-corrected chi connectivity index (χ3v) is 4.53. The monoisotopic (exact) mass is 318 g/mol. The number of hydrogen-bond acceptors (Lipinski definition) is 4. The zero-order valence-electron chi connectivity index (χ0n) is 12.4. The van der Waals surface area contributed by atoms with Gasteiger partial charge in [0.15, 0.2) is 0 Å². The highest BCUT2D eigenvalue weighted by atomic mass is 19.1. The lowest BCUT2D eigenvalue weighted by Crippen LogP contribution is -2.24. The van der Waals surface area contributed by atoms with Crippen molar-refractivity contribution in [3.05, 3.63) is 51.9 Å². The van der Waals surface area contributed by atoms with Crippen molar-refractivity contribution in [2.75, 3.05) is 16.8 Å². The zero-order chi connectivity index (χ0) is 16.0. The van der Waals surface area contributed by atoms with Crippen LogP contribution < -0.4 is 15.9 Å². The molecule has 1 aromatic carbocycles. The number of anilines is 2. The summed E-state index contributed by atoms with van der Waals surface area (Å²) in [6.07, 6.45) is 2.22. The molecule has 1 atom stereocenters. The normalized spacial score (nSPS) is 18.9. The molecule has 4 rings (SSSR count). The molecule has 2 aliphatic heterocycles. The minimum atomic E-state index is -0.616. The first kappa shape index (κ1) is 14.2. The quantitative estimate of drug-likeness (QED) is 0.942. The second-order valence-electron chi connectivity index (χ2n) is 5.97. The number of nitrogens with one attached hydrogen (secondary N) is 1. The molecule has 2 aromatic rings. The molecular formula is C16H16F2N4O. The molecule has 3 heterocycles. The van der Waals surface area contributed by atoms with Crippen molar-refractivity contribution < 1.29 is 8.78 Å². The second kappa shape index (κ2) is 5.33. The first-order valence-electron chi connectivity index (χ1n) is 7.68. The second-order valence-corrected chi connectivity index (χ2v) is 5.97. The van der Waals surface area contributed by atoms with Gasteiger partial charge in [0.25, 0.3) is 0 Å². The van der Waals surface area contributed by atoms with E-state index in [0.717, 1.165) is 31.3 Å². The molecule has 1 N–H and O–H groups in total. The molecule has 2 aliphatic rings. The van der Waals surface area contributed by atoms with Crippen molar-refractivity contribution >= 4 is 11.6 Å². The van der Waals surface area contributed by atoms with Gasteiger partial charge in [-0.05, 0) is 18.9 Å². The minimum absolute atomic E-state index is 0.144. The highest BCUT2D eigenvalue weighted by molar-refractivity contribution is 5.53. The molecule has 0 spiro atoms. The van der Waals surface area contributed by atoms with Crippen molar-refractivity contribution in [1.82, 2.24) is 9.55 Å². The Morgan fingerprint density at radius 1 is 1.30 bits per heavy atom. The van der Waals surface area contributed by atoms with Crippen molar-refractivity contribution in [3.63, 3.8) is 0 Å². The van der Waals surface area contributed by atoms with Crippen molar-refractivity contribution in [2.45, 2.75) is 32.0 Å². The first-order chi connectivity index (χ1) is 11.1. The van der Waals surface area contributed by atoms with Gasteiger partial charge in [0, 0.05) is 43.4 Å². The molecule has 23 heavy (non-hydrogen) atoms. The maximum Gasteiger partial charge on any atom is 0.351 e. The van der Waals surface area contributed by atoms with Crippen LogP contribution >= 0.6 is 0 Å². The van der Waals surface area contributed by atoms with Crippen LogP contribution in [0.4, 0.5) is 20.4 Å². The Hall–Kier alpha value is -2.44. The molecule has 0 amide bonds. The topological polar surface area (TPSA) is 50.2 Å². The van der Waals surface area contributed by atoms with E-state index < -0.39 is 11.6 Å². The van der Waals surface area contributed by atoms with E-state index in [1.165, 1.54) is 12.1 Å². The van der Waals surface area contributed by atoms with E-state index in [0.29, 0.717) is 24.0 Å². The Labute approximate surface area is 131 Å². The van der Waals surface area contributed by atoms with Crippen LogP contribution in [-0.4, -0.2) is 22.1 Å². The van der Waals surface area contributed by atoms with Gasteiger partial charge in [0.1, 0.15) is 23.3 Å². The van der Waals surface area contributed by atoms with Gasteiger partial charge in [-0.25, -0.2) is 13.6 Å². The Morgan fingerprint density at radius 2 is 2.17 bits per heavy atom. The zero-order valence-corrected chi connectivity index (χ0v) is 12.4. The molecule has 1 unspecified atom stereocenters. The fourth-order valence-corrected chi connectivity index (χ4v) is 3.38. The highest BCUT2D eigenvalue weighted by Crippen LogP contribution is 2.32. The summed E-state index contributed by atoms with van der Waals surface area (Å²) < 4.78 is 28.3. The number of nitrogens with zero attached hydrogens (tertiary/aromatic N) is 3. The van der Waals surface area contributed by atoms with Gasteiger partial charge >= 0.3 is 5.69 Å². The molecule has 7 heteroatoms. The number of halogens is 2. The van der Waals surface area contributed by atoms with Crippen molar-refractivity contribution in [3.8, 4) is 0 Å². The summed E-state index contributed by atoms with van der Waals surface area (Å²) in [6.45, 7) is 1.78. The van der Waals surface area contributed by atoms with Crippen LogP contribution in [0.3, 0.4) is 0 Å². The van der Waals surface area contributed by atoms with E-state index in [-0.39, 0.29) is 12.2 Å². The Balaban J connectivity index is 1.57. The van der Waals surface area contributed by atoms with E-state index in [4.69, 9.17) is 0 Å². The third-order valence-electron chi connectivity index (χ3n) is 4.53. The van der Waals surface area contributed by atoms with Gasteiger partial charge in [-0.3, -0.25) is 4.57 Å². The summed E-state index contributed by atoms with van der Waals surface area (Å²) >= 11 is 0. The number of benzene rings is 1. The molecule has 120 valence electrons. The van der Waals surface area contributed by atoms with E-state index in [9.17, 15) is 13.6 Å². The van der Waals surface area contributed by atoms with Gasteiger partial charge in [-0.15, -0.1) is 0 Å². The predicted molar refractivity (Wildman–Crippen MR) is 82.5 cm³/mol. The van der Waals surface area contributed by atoms with Crippen LogP contribution in [0.15, 0.2) is 29.1 Å². The minimum Gasteiger partial charge on any atom is -0.366 e. The number of aromatic nitrogens is 2. The molecule has 1 fully saturated rings. The standard InChI is InChI=1S/C16H16F2N4O/c17-11-4-3-10(13(18)6-11)8-19-14-7-15-21-5-1-2-12(21)9-22(15)16(23)20-14/h3-4,6-7,12H,1-2,5,8-9H2,(H,19,20,23). The molecular weight excluding hydrogens is 302 g/mol. The van der Waals surface area contributed by atoms with Gasteiger partial charge in [-0.1, -0.05) is 6.07 Å². The third kappa shape index (κ3) is 2.46. The SMILES string of the molecule is O=c1nc(NCc2ccc(F)cc2F)cc2n1CC1CCCN21. The molecule has 0 aliphatic carbocycles. The van der Waals surface area contributed by atoms with Gasteiger partial charge in [0.05, 0.1) is 0 Å². The molecule has 1 aromatic heterocycles. The van der Waals surface area contributed by atoms with Crippen LogP contribution in [-0.2, 0) is 13.1 Å². The lowest BCUT2D eigenvalue weighted by atomic mass is 10.2. The van der Waals surface area contributed by atoms with Crippen molar-refractivity contribution in [1.29, 1.82) is 0 Å². The Kier molecular flexibility index (Phi) is 3.28. The van der Waals surface area contributed by atoms with Crippen LogP contribution in [0.25, 0.3) is 0 Å². The fourth-order valence-electron chi connectivity index (χ4n) is 3.38. The lowest BCUT2D eigenvalue weighted by molar-refractivity contribution is 0.574. The average molecular weight is 318 g/mol. The average Bonchev–Trinajstić information content (AvgIpc) is 3.08. The summed E-state index contributed by atoms with van der Waals surface area (Å²) in [5.74, 6) is 0.0577. The molecule has 1 saturated heterocycles. The Morgan fingerprint density at radius 3 is 3.00 bits per heavy atom. The fraction of sp³-hybridized carbons (Fsp3) is 0.375. The molecule has 0 bridgehead atoms. The van der Waals surface area contributed by atoms with Crippen LogP contribution in [0.1, 0.15) is 18.4 Å². The Bertz CT molecular complexity index is 820. The molecule has 0 saturated carbocycles.